The molecule has 3 rings (SSSR count). The van der Waals surface area contributed by atoms with Crippen molar-refractivity contribution in [3.8, 4) is 0 Å². The van der Waals surface area contributed by atoms with Crippen molar-refractivity contribution in [2.24, 2.45) is 0 Å². The summed E-state index contributed by atoms with van der Waals surface area (Å²) < 4.78 is 0. The molecule has 0 unspecified atom stereocenters. The summed E-state index contributed by atoms with van der Waals surface area (Å²) in [5.41, 5.74) is 9.17. The van der Waals surface area contributed by atoms with Gasteiger partial charge in [-0.2, -0.15) is 0 Å². The van der Waals surface area contributed by atoms with Crippen LogP contribution in [-0.4, -0.2) is 15.9 Å². The Morgan fingerprint density at radius 2 is 1.79 bits per heavy atom. The first-order valence-corrected chi connectivity index (χ1v) is 6.78. The molecule has 1 fully saturated rings. The number of hydrogen-bond donors (Lipinski definition) is 1. The Bertz CT molecular complexity index is 517. The van der Waals surface area contributed by atoms with Crippen LogP contribution in [0, 0.1) is 0 Å². The van der Waals surface area contributed by atoms with Crippen LogP contribution in [0.3, 0.4) is 0 Å². The minimum Gasteiger partial charge on any atom is -0.399 e. The van der Waals surface area contributed by atoms with Crippen LogP contribution in [0.4, 0.5) is 5.69 Å². The predicted octanol–water partition coefficient (Wildman–Crippen LogP) is 2.83. The Morgan fingerprint density at radius 1 is 1.05 bits per heavy atom. The lowest BCUT2D eigenvalue weighted by Gasteiger charge is -2.22. The third-order valence-electron chi connectivity index (χ3n) is 3.54. The summed E-state index contributed by atoms with van der Waals surface area (Å²) >= 11 is 0. The number of nitrogen functional groups attached to an aromatic ring is 1. The van der Waals surface area contributed by atoms with Gasteiger partial charge in [0, 0.05) is 37.2 Å². The molecule has 2 N–H and O–H groups in total. The van der Waals surface area contributed by atoms with Crippen LogP contribution in [0.1, 0.15) is 24.0 Å². The van der Waals surface area contributed by atoms with E-state index < -0.39 is 0 Å². The van der Waals surface area contributed by atoms with Gasteiger partial charge < -0.3 is 5.73 Å². The van der Waals surface area contributed by atoms with E-state index in [2.05, 4.69) is 28.1 Å². The third-order valence-corrected chi connectivity index (χ3v) is 3.54. The van der Waals surface area contributed by atoms with Gasteiger partial charge in [-0.25, -0.2) is 0 Å². The monoisotopic (exact) mass is 253 g/mol. The maximum absolute atomic E-state index is 5.73. The quantitative estimate of drug-likeness (QED) is 0.833. The number of aromatic nitrogens is 1. The van der Waals surface area contributed by atoms with Crippen molar-refractivity contribution >= 4 is 5.69 Å². The maximum atomic E-state index is 5.73. The Balaban J connectivity index is 1.69. The van der Waals surface area contributed by atoms with Gasteiger partial charge in [-0.3, -0.25) is 9.88 Å². The average molecular weight is 253 g/mol. The van der Waals surface area contributed by atoms with E-state index in [-0.39, 0.29) is 0 Å². The number of hydrogen-bond acceptors (Lipinski definition) is 3. The third kappa shape index (κ3) is 3.32. The second-order valence-corrected chi connectivity index (χ2v) is 5.24. The highest BCUT2D eigenvalue weighted by Gasteiger charge is 2.28. The number of rotatable bonds is 5. The number of pyridine rings is 1. The zero-order chi connectivity index (χ0) is 13.1. The molecule has 1 aromatic carbocycles. The summed E-state index contributed by atoms with van der Waals surface area (Å²) in [6.07, 6.45) is 6.41. The van der Waals surface area contributed by atoms with E-state index in [1.807, 2.05) is 30.6 Å². The van der Waals surface area contributed by atoms with Crippen molar-refractivity contribution in [1.29, 1.82) is 0 Å². The van der Waals surface area contributed by atoms with Crippen molar-refractivity contribution in [2.75, 3.05) is 5.73 Å². The highest BCUT2D eigenvalue weighted by Crippen LogP contribution is 2.29. The Morgan fingerprint density at radius 3 is 2.42 bits per heavy atom. The van der Waals surface area contributed by atoms with E-state index in [0.29, 0.717) is 0 Å². The lowest BCUT2D eigenvalue weighted by molar-refractivity contribution is 0.245. The zero-order valence-electron chi connectivity index (χ0n) is 11.0. The number of benzene rings is 1. The van der Waals surface area contributed by atoms with Gasteiger partial charge in [0.05, 0.1) is 0 Å². The molecule has 0 bridgehead atoms. The molecule has 1 aliphatic rings. The maximum Gasteiger partial charge on any atom is 0.0314 e. The minimum absolute atomic E-state index is 0.734. The largest absolute Gasteiger partial charge is 0.399 e. The molecular weight excluding hydrogens is 234 g/mol. The molecule has 0 atom stereocenters. The van der Waals surface area contributed by atoms with Gasteiger partial charge in [0.2, 0.25) is 0 Å². The van der Waals surface area contributed by atoms with Crippen LogP contribution in [0.2, 0.25) is 0 Å². The minimum atomic E-state index is 0.734. The van der Waals surface area contributed by atoms with Crippen molar-refractivity contribution in [3.63, 3.8) is 0 Å². The van der Waals surface area contributed by atoms with Crippen molar-refractivity contribution in [3.05, 3.63) is 59.9 Å². The predicted molar refractivity (Wildman–Crippen MR) is 77.4 cm³/mol. The standard InChI is InChI=1S/C16H19N3/c17-15-5-3-13(4-6-15)11-19(16-7-8-16)12-14-2-1-9-18-10-14/h1-6,9-10,16H,7-8,11-12,17H2. The van der Waals surface area contributed by atoms with Crippen LogP contribution >= 0.6 is 0 Å². The fraction of sp³-hybridized carbons (Fsp3) is 0.312. The highest BCUT2D eigenvalue weighted by atomic mass is 15.2. The van der Waals surface area contributed by atoms with Crippen LogP contribution in [-0.2, 0) is 13.1 Å². The summed E-state index contributed by atoms with van der Waals surface area (Å²) in [4.78, 5) is 6.72. The average Bonchev–Trinajstić information content (AvgIpc) is 3.26. The van der Waals surface area contributed by atoms with Gasteiger partial charge in [0.15, 0.2) is 0 Å². The number of anilines is 1. The molecule has 98 valence electrons. The highest BCUT2D eigenvalue weighted by molar-refractivity contribution is 5.39. The molecule has 19 heavy (non-hydrogen) atoms. The van der Waals surface area contributed by atoms with Crippen LogP contribution in [0.25, 0.3) is 0 Å². The molecule has 0 aliphatic heterocycles. The van der Waals surface area contributed by atoms with Gasteiger partial charge in [-0.15, -0.1) is 0 Å². The summed E-state index contributed by atoms with van der Waals surface area (Å²) in [7, 11) is 0. The van der Waals surface area contributed by atoms with E-state index in [4.69, 9.17) is 5.73 Å². The first-order chi connectivity index (χ1) is 9.31. The molecule has 2 aromatic rings. The lowest BCUT2D eigenvalue weighted by atomic mass is 10.1. The second kappa shape index (κ2) is 5.41. The smallest absolute Gasteiger partial charge is 0.0314 e. The number of nitrogens with two attached hydrogens (primary N) is 1. The van der Waals surface area contributed by atoms with E-state index in [1.165, 1.54) is 24.0 Å². The molecule has 0 saturated heterocycles. The molecular formula is C16H19N3. The first kappa shape index (κ1) is 12.2. The molecule has 1 aromatic heterocycles. The molecule has 0 radical (unpaired) electrons. The molecule has 1 heterocycles. The molecule has 3 heteroatoms. The first-order valence-electron chi connectivity index (χ1n) is 6.78. The topological polar surface area (TPSA) is 42.1 Å². The second-order valence-electron chi connectivity index (χ2n) is 5.24. The molecule has 1 saturated carbocycles. The molecule has 1 aliphatic carbocycles. The van der Waals surface area contributed by atoms with Crippen LogP contribution < -0.4 is 5.73 Å². The van der Waals surface area contributed by atoms with Crippen LogP contribution in [0.5, 0.6) is 0 Å². The van der Waals surface area contributed by atoms with Gasteiger partial charge in [0.1, 0.15) is 0 Å². The molecule has 0 amide bonds. The summed E-state index contributed by atoms with van der Waals surface area (Å²) in [6.45, 7) is 1.96. The fourth-order valence-electron chi connectivity index (χ4n) is 2.34. The van der Waals surface area contributed by atoms with Crippen molar-refractivity contribution < 1.29 is 0 Å². The summed E-state index contributed by atoms with van der Waals surface area (Å²) in [5, 5.41) is 0. The van der Waals surface area contributed by atoms with Gasteiger partial charge in [-0.1, -0.05) is 18.2 Å². The normalized spacial score (nSPS) is 14.8. The Labute approximate surface area is 114 Å². The van der Waals surface area contributed by atoms with E-state index in [1.54, 1.807) is 0 Å². The van der Waals surface area contributed by atoms with Gasteiger partial charge in [0.25, 0.3) is 0 Å². The molecule has 3 nitrogen and oxygen atoms in total. The van der Waals surface area contributed by atoms with E-state index in [0.717, 1.165) is 24.8 Å². The molecule has 0 spiro atoms. The summed E-state index contributed by atoms with van der Waals surface area (Å²) in [5.74, 6) is 0. The van der Waals surface area contributed by atoms with E-state index in [9.17, 15) is 0 Å². The van der Waals surface area contributed by atoms with E-state index >= 15 is 0 Å². The zero-order valence-corrected chi connectivity index (χ0v) is 11.0. The number of nitrogens with zero attached hydrogens (tertiary/aromatic N) is 2. The Kier molecular flexibility index (Phi) is 3.47. The summed E-state index contributed by atoms with van der Waals surface area (Å²) in [6, 6.07) is 13.1. The van der Waals surface area contributed by atoms with Crippen molar-refractivity contribution in [1.82, 2.24) is 9.88 Å². The fourth-order valence-corrected chi connectivity index (χ4v) is 2.34. The van der Waals surface area contributed by atoms with Crippen molar-refractivity contribution in [2.45, 2.75) is 32.0 Å². The lowest BCUT2D eigenvalue weighted by Crippen LogP contribution is -2.25. The van der Waals surface area contributed by atoms with Gasteiger partial charge >= 0.3 is 0 Å². The Hall–Kier alpha value is -1.87. The van der Waals surface area contributed by atoms with Crippen LogP contribution in [0.15, 0.2) is 48.8 Å². The SMILES string of the molecule is Nc1ccc(CN(Cc2cccnc2)C2CC2)cc1. The van der Waals surface area contributed by atoms with Gasteiger partial charge in [-0.05, 0) is 42.2 Å².